The zero-order valence-electron chi connectivity index (χ0n) is 10.8. The highest BCUT2D eigenvalue weighted by Gasteiger charge is 2.34. The highest BCUT2D eigenvalue weighted by molar-refractivity contribution is 9.10. The van der Waals surface area contributed by atoms with Crippen molar-refractivity contribution in [2.45, 2.75) is 6.42 Å². The molecule has 1 aromatic rings. The van der Waals surface area contributed by atoms with Gasteiger partial charge in [0.15, 0.2) is 0 Å². The topological polar surface area (TPSA) is 89.7 Å². The van der Waals surface area contributed by atoms with Crippen molar-refractivity contribution in [2.24, 2.45) is 11.7 Å². The Bertz CT molecular complexity index is 588. The van der Waals surface area contributed by atoms with Crippen molar-refractivity contribution in [1.82, 2.24) is 0 Å². The van der Waals surface area contributed by atoms with Gasteiger partial charge in [0.05, 0.1) is 24.3 Å². The summed E-state index contributed by atoms with van der Waals surface area (Å²) in [6.07, 6.45) is 0.112. The standard InChI is InChI=1S/C13H13BrN2O4/c1-20-13(19)7-2-3-10(9(14)4-7)16-6-8(12(15)18)5-11(16)17/h2-4,8H,5-6H2,1H3,(H2,15,18). The molecule has 0 spiro atoms. The number of hydrogen-bond donors (Lipinski definition) is 1. The van der Waals surface area contributed by atoms with Gasteiger partial charge in [0.25, 0.3) is 0 Å². The second-order valence-corrected chi connectivity index (χ2v) is 5.32. The first-order chi connectivity index (χ1) is 9.43. The normalized spacial score (nSPS) is 18.2. The Morgan fingerprint density at radius 2 is 2.15 bits per heavy atom. The van der Waals surface area contributed by atoms with E-state index >= 15 is 0 Å². The maximum Gasteiger partial charge on any atom is 0.337 e. The molecule has 1 saturated heterocycles. The Morgan fingerprint density at radius 1 is 1.45 bits per heavy atom. The summed E-state index contributed by atoms with van der Waals surface area (Å²) in [5, 5.41) is 0. The van der Waals surface area contributed by atoms with Gasteiger partial charge in [0.2, 0.25) is 11.8 Å². The number of hydrogen-bond acceptors (Lipinski definition) is 4. The summed E-state index contributed by atoms with van der Waals surface area (Å²) >= 11 is 3.32. The van der Waals surface area contributed by atoms with Crippen LogP contribution in [-0.2, 0) is 14.3 Å². The fraction of sp³-hybridized carbons (Fsp3) is 0.308. The molecule has 1 unspecified atom stereocenters. The summed E-state index contributed by atoms with van der Waals surface area (Å²) < 4.78 is 5.21. The van der Waals surface area contributed by atoms with Crippen LogP contribution >= 0.6 is 15.9 Å². The van der Waals surface area contributed by atoms with E-state index in [-0.39, 0.29) is 18.9 Å². The van der Waals surface area contributed by atoms with Crippen molar-refractivity contribution in [1.29, 1.82) is 0 Å². The van der Waals surface area contributed by atoms with E-state index in [1.807, 2.05) is 0 Å². The van der Waals surface area contributed by atoms with Gasteiger partial charge in [-0.2, -0.15) is 0 Å². The van der Waals surface area contributed by atoms with Crippen molar-refractivity contribution >= 4 is 39.4 Å². The van der Waals surface area contributed by atoms with Crippen molar-refractivity contribution in [3.8, 4) is 0 Å². The molecular formula is C13H13BrN2O4. The van der Waals surface area contributed by atoms with Crippen molar-refractivity contribution in [3.63, 3.8) is 0 Å². The van der Waals surface area contributed by atoms with Crippen molar-refractivity contribution in [3.05, 3.63) is 28.2 Å². The van der Waals surface area contributed by atoms with E-state index < -0.39 is 17.8 Å². The van der Waals surface area contributed by atoms with Crippen molar-refractivity contribution < 1.29 is 19.1 Å². The molecule has 0 radical (unpaired) electrons. The molecule has 1 fully saturated rings. The van der Waals surface area contributed by atoms with E-state index in [9.17, 15) is 14.4 Å². The number of benzene rings is 1. The molecule has 0 bridgehead atoms. The average molecular weight is 341 g/mol. The summed E-state index contributed by atoms with van der Waals surface area (Å²) in [6.45, 7) is 0.254. The van der Waals surface area contributed by atoms with Gasteiger partial charge in [0.1, 0.15) is 0 Å². The van der Waals surface area contributed by atoms with Gasteiger partial charge in [0, 0.05) is 17.4 Å². The molecule has 0 aliphatic carbocycles. The summed E-state index contributed by atoms with van der Waals surface area (Å²) in [6, 6.07) is 4.78. The van der Waals surface area contributed by atoms with E-state index in [1.54, 1.807) is 18.2 Å². The van der Waals surface area contributed by atoms with Crippen LogP contribution in [0.1, 0.15) is 16.8 Å². The SMILES string of the molecule is COC(=O)c1ccc(N2CC(C(N)=O)CC2=O)c(Br)c1. The number of nitrogens with two attached hydrogens (primary N) is 1. The van der Waals surface area contributed by atoms with Gasteiger partial charge >= 0.3 is 5.97 Å². The van der Waals surface area contributed by atoms with Crippen LogP contribution in [0.5, 0.6) is 0 Å². The van der Waals surface area contributed by atoms with Crippen LogP contribution in [0.15, 0.2) is 22.7 Å². The molecule has 1 aliphatic heterocycles. The Kier molecular flexibility index (Phi) is 4.08. The zero-order valence-corrected chi connectivity index (χ0v) is 12.3. The number of anilines is 1. The first kappa shape index (κ1) is 14.5. The third kappa shape index (κ3) is 2.67. The summed E-state index contributed by atoms with van der Waals surface area (Å²) in [5.41, 5.74) is 6.21. The molecule has 2 amide bonds. The lowest BCUT2D eigenvalue weighted by Gasteiger charge is -2.18. The lowest BCUT2D eigenvalue weighted by atomic mass is 10.1. The first-order valence-corrected chi connectivity index (χ1v) is 6.71. The lowest BCUT2D eigenvalue weighted by molar-refractivity contribution is -0.123. The Hall–Kier alpha value is -1.89. The van der Waals surface area contributed by atoms with Gasteiger partial charge < -0.3 is 15.4 Å². The fourth-order valence-electron chi connectivity index (χ4n) is 2.10. The monoisotopic (exact) mass is 340 g/mol. The summed E-state index contributed by atoms with van der Waals surface area (Å²) in [4.78, 5) is 36.0. The number of esters is 1. The van der Waals surface area contributed by atoms with Crippen LogP contribution in [0.25, 0.3) is 0 Å². The molecule has 20 heavy (non-hydrogen) atoms. The number of nitrogens with zero attached hydrogens (tertiary/aromatic N) is 1. The van der Waals surface area contributed by atoms with Crippen LogP contribution in [0.4, 0.5) is 5.69 Å². The quantitative estimate of drug-likeness (QED) is 0.833. The number of carbonyl (C=O) groups excluding carboxylic acids is 3. The summed E-state index contributed by atoms with van der Waals surface area (Å²) in [7, 11) is 1.30. The molecule has 7 heteroatoms. The molecule has 6 nitrogen and oxygen atoms in total. The van der Waals surface area contributed by atoms with Gasteiger partial charge in [-0.3, -0.25) is 9.59 Å². The van der Waals surface area contributed by atoms with E-state index in [2.05, 4.69) is 20.7 Å². The molecule has 0 aromatic heterocycles. The Morgan fingerprint density at radius 3 is 2.65 bits per heavy atom. The number of halogens is 1. The van der Waals surface area contributed by atoms with Crippen LogP contribution in [0.2, 0.25) is 0 Å². The highest BCUT2D eigenvalue weighted by Crippen LogP contribution is 2.32. The molecule has 1 aliphatic rings. The number of rotatable bonds is 3. The molecule has 2 rings (SSSR count). The molecule has 106 valence electrons. The smallest absolute Gasteiger partial charge is 0.337 e. The Balaban J connectivity index is 2.28. The van der Waals surface area contributed by atoms with E-state index in [0.717, 1.165) is 0 Å². The largest absolute Gasteiger partial charge is 0.465 e. The highest BCUT2D eigenvalue weighted by atomic mass is 79.9. The van der Waals surface area contributed by atoms with Crippen LogP contribution in [-0.4, -0.2) is 31.4 Å². The van der Waals surface area contributed by atoms with Gasteiger partial charge in [-0.25, -0.2) is 4.79 Å². The minimum atomic E-state index is -0.483. The molecule has 1 heterocycles. The minimum Gasteiger partial charge on any atom is -0.465 e. The lowest BCUT2D eigenvalue weighted by Crippen LogP contribution is -2.28. The third-order valence-electron chi connectivity index (χ3n) is 3.19. The van der Waals surface area contributed by atoms with E-state index in [1.165, 1.54) is 12.0 Å². The van der Waals surface area contributed by atoms with Gasteiger partial charge in [-0.05, 0) is 34.1 Å². The molecule has 2 N–H and O–H groups in total. The third-order valence-corrected chi connectivity index (χ3v) is 3.82. The summed E-state index contributed by atoms with van der Waals surface area (Å²) in [5.74, 6) is -1.59. The zero-order chi connectivity index (χ0) is 14.9. The van der Waals surface area contributed by atoms with E-state index in [4.69, 9.17) is 5.73 Å². The maximum absolute atomic E-state index is 11.9. The van der Waals surface area contributed by atoms with Gasteiger partial charge in [-0.1, -0.05) is 0 Å². The van der Waals surface area contributed by atoms with Crippen LogP contribution in [0.3, 0.4) is 0 Å². The number of methoxy groups -OCH3 is 1. The van der Waals surface area contributed by atoms with Crippen LogP contribution < -0.4 is 10.6 Å². The number of amides is 2. The number of ether oxygens (including phenoxy) is 1. The van der Waals surface area contributed by atoms with E-state index in [0.29, 0.717) is 15.7 Å². The molecule has 0 saturated carbocycles. The van der Waals surface area contributed by atoms with Gasteiger partial charge in [-0.15, -0.1) is 0 Å². The first-order valence-electron chi connectivity index (χ1n) is 5.91. The fourth-order valence-corrected chi connectivity index (χ4v) is 2.69. The predicted molar refractivity (Wildman–Crippen MR) is 75.1 cm³/mol. The average Bonchev–Trinajstić information content (AvgIpc) is 2.80. The molecule has 1 atom stereocenters. The molecular weight excluding hydrogens is 328 g/mol. The minimum absolute atomic E-state index is 0.112. The predicted octanol–water partition coefficient (Wildman–Crippen LogP) is 1.07. The van der Waals surface area contributed by atoms with Crippen molar-refractivity contribution in [2.75, 3.05) is 18.6 Å². The second kappa shape index (κ2) is 5.62. The molecule has 1 aromatic carbocycles. The second-order valence-electron chi connectivity index (χ2n) is 4.47. The number of carbonyl (C=O) groups is 3. The maximum atomic E-state index is 11.9. The Labute approximate surface area is 124 Å². The number of primary amides is 1. The van der Waals surface area contributed by atoms with Crippen LogP contribution in [0, 0.1) is 5.92 Å².